The van der Waals surface area contributed by atoms with Gasteiger partial charge in [0, 0.05) is 12.2 Å². The van der Waals surface area contributed by atoms with Crippen LogP contribution in [-0.4, -0.2) is 24.7 Å². The molecule has 0 spiro atoms. The Hall–Kier alpha value is -2.17. The fraction of sp³-hybridized carbons (Fsp3) is 0.381. The van der Waals surface area contributed by atoms with E-state index in [0.717, 1.165) is 37.8 Å². The molecule has 0 saturated carbocycles. The minimum absolute atomic E-state index is 0.0140. The predicted octanol–water partition coefficient (Wildman–Crippen LogP) is 3.31. The molecule has 0 radical (unpaired) electrons. The van der Waals surface area contributed by atoms with Crippen LogP contribution in [-0.2, 0) is 22.4 Å². The monoisotopic (exact) mass is 338 g/mol. The van der Waals surface area contributed by atoms with Crippen molar-refractivity contribution >= 4 is 11.6 Å². The van der Waals surface area contributed by atoms with E-state index in [1.807, 2.05) is 18.2 Å². The Bertz CT molecular complexity index is 687. The number of aryl methyl sites for hydroxylation is 2. The third-order valence-corrected chi connectivity index (χ3v) is 4.63. The summed E-state index contributed by atoms with van der Waals surface area (Å²) in [6.07, 6.45) is 4.38. The molecule has 1 heterocycles. The number of nitrogens with one attached hydrogen (secondary N) is 1. The number of amides is 1. The minimum atomic E-state index is -0.379. The van der Waals surface area contributed by atoms with Gasteiger partial charge in [-0.1, -0.05) is 42.5 Å². The van der Waals surface area contributed by atoms with Crippen LogP contribution in [0.4, 0.5) is 5.69 Å². The highest BCUT2D eigenvalue weighted by Crippen LogP contribution is 2.21. The van der Waals surface area contributed by atoms with Crippen molar-refractivity contribution in [2.75, 3.05) is 11.9 Å². The first-order chi connectivity index (χ1) is 12.2. The van der Waals surface area contributed by atoms with Crippen molar-refractivity contribution in [2.45, 2.75) is 44.3 Å². The van der Waals surface area contributed by atoms with Gasteiger partial charge in [-0.2, -0.15) is 0 Å². The number of rotatable bonds is 7. The molecule has 132 valence electrons. The van der Waals surface area contributed by atoms with Crippen molar-refractivity contribution in [3.8, 4) is 0 Å². The summed E-state index contributed by atoms with van der Waals surface area (Å²) in [6.45, 7) is 0.473. The standard InChI is InChI=1S/C21H26N2O2/c22-15-19-12-13-20(25-19)21(24)23-18-11-5-10-17(14-18)9-4-8-16-6-2-1-3-7-16/h1-3,5-7,10-11,14,19-20H,4,8-9,12-13,15,22H2,(H,23,24)/t19-,20+/m1/s1. The van der Waals surface area contributed by atoms with Crippen molar-refractivity contribution < 1.29 is 9.53 Å². The van der Waals surface area contributed by atoms with Crippen LogP contribution < -0.4 is 11.1 Å². The van der Waals surface area contributed by atoms with Gasteiger partial charge in [0.05, 0.1) is 6.10 Å². The maximum Gasteiger partial charge on any atom is 0.253 e. The summed E-state index contributed by atoms with van der Waals surface area (Å²) in [5, 5.41) is 2.97. The van der Waals surface area contributed by atoms with Gasteiger partial charge >= 0.3 is 0 Å². The number of hydrogen-bond acceptors (Lipinski definition) is 3. The largest absolute Gasteiger partial charge is 0.364 e. The van der Waals surface area contributed by atoms with Gasteiger partial charge in [0.2, 0.25) is 0 Å². The van der Waals surface area contributed by atoms with Crippen molar-refractivity contribution in [3.05, 3.63) is 65.7 Å². The number of ether oxygens (including phenoxy) is 1. The van der Waals surface area contributed by atoms with Gasteiger partial charge < -0.3 is 15.8 Å². The molecule has 0 aliphatic carbocycles. The summed E-state index contributed by atoms with van der Waals surface area (Å²) < 4.78 is 5.65. The first-order valence-corrected chi connectivity index (χ1v) is 9.04. The Balaban J connectivity index is 1.50. The molecular formula is C21H26N2O2. The molecule has 2 aromatic rings. The quantitative estimate of drug-likeness (QED) is 0.814. The van der Waals surface area contributed by atoms with Crippen molar-refractivity contribution in [2.24, 2.45) is 5.73 Å². The molecule has 0 unspecified atom stereocenters. The van der Waals surface area contributed by atoms with Crippen LogP contribution in [0, 0.1) is 0 Å². The first kappa shape index (κ1) is 17.6. The van der Waals surface area contributed by atoms with Crippen molar-refractivity contribution in [3.63, 3.8) is 0 Å². The smallest absolute Gasteiger partial charge is 0.253 e. The summed E-state index contributed by atoms with van der Waals surface area (Å²) in [5.41, 5.74) is 9.03. The van der Waals surface area contributed by atoms with E-state index in [-0.39, 0.29) is 18.1 Å². The van der Waals surface area contributed by atoms with Crippen LogP contribution in [0.25, 0.3) is 0 Å². The fourth-order valence-electron chi connectivity index (χ4n) is 3.24. The minimum Gasteiger partial charge on any atom is -0.364 e. The summed E-state index contributed by atoms with van der Waals surface area (Å²) in [6, 6.07) is 18.6. The number of anilines is 1. The summed E-state index contributed by atoms with van der Waals surface area (Å²) in [7, 11) is 0. The van der Waals surface area contributed by atoms with E-state index in [1.54, 1.807) is 0 Å². The van der Waals surface area contributed by atoms with E-state index < -0.39 is 0 Å². The van der Waals surface area contributed by atoms with Crippen LogP contribution in [0.15, 0.2) is 54.6 Å². The number of hydrogen-bond donors (Lipinski definition) is 2. The third-order valence-electron chi connectivity index (χ3n) is 4.63. The lowest BCUT2D eigenvalue weighted by Gasteiger charge is -2.13. The van der Waals surface area contributed by atoms with Gasteiger partial charge in [0.1, 0.15) is 6.10 Å². The van der Waals surface area contributed by atoms with Gasteiger partial charge in [0.25, 0.3) is 5.91 Å². The lowest BCUT2D eigenvalue weighted by Crippen LogP contribution is -2.29. The molecule has 4 heteroatoms. The number of nitrogens with two attached hydrogens (primary N) is 1. The molecular weight excluding hydrogens is 312 g/mol. The van der Waals surface area contributed by atoms with E-state index in [1.165, 1.54) is 11.1 Å². The van der Waals surface area contributed by atoms with Crippen LogP contribution >= 0.6 is 0 Å². The van der Waals surface area contributed by atoms with Gasteiger partial charge in [-0.25, -0.2) is 0 Å². The molecule has 3 N–H and O–H groups in total. The summed E-state index contributed by atoms with van der Waals surface area (Å²) in [5.74, 6) is -0.0719. The molecule has 0 aromatic heterocycles. The Morgan fingerprint density at radius 3 is 2.56 bits per heavy atom. The second-order valence-corrected chi connectivity index (χ2v) is 6.59. The Kier molecular flexibility index (Phi) is 6.20. The van der Waals surface area contributed by atoms with Crippen LogP contribution in [0.5, 0.6) is 0 Å². The molecule has 1 aliphatic heterocycles. The van der Waals surface area contributed by atoms with Crippen molar-refractivity contribution in [1.82, 2.24) is 0 Å². The molecule has 1 saturated heterocycles. The molecule has 1 fully saturated rings. The number of carbonyl (C=O) groups is 1. The Morgan fingerprint density at radius 2 is 1.80 bits per heavy atom. The van der Waals surface area contributed by atoms with E-state index in [4.69, 9.17) is 10.5 Å². The molecule has 4 nitrogen and oxygen atoms in total. The van der Waals surface area contributed by atoms with Crippen LogP contribution in [0.1, 0.15) is 30.4 Å². The molecule has 0 bridgehead atoms. The second kappa shape index (κ2) is 8.79. The molecule has 1 amide bonds. The number of benzene rings is 2. The zero-order valence-corrected chi connectivity index (χ0v) is 14.5. The second-order valence-electron chi connectivity index (χ2n) is 6.59. The van der Waals surface area contributed by atoms with Crippen molar-refractivity contribution in [1.29, 1.82) is 0 Å². The van der Waals surface area contributed by atoms with E-state index in [2.05, 4.69) is 41.7 Å². The van der Waals surface area contributed by atoms with E-state index >= 15 is 0 Å². The zero-order valence-electron chi connectivity index (χ0n) is 14.5. The van der Waals surface area contributed by atoms with Gasteiger partial charge in [-0.05, 0) is 55.4 Å². The third kappa shape index (κ3) is 5.15. The van der Waals surface area contributed by atoms with Crippen LogP contribution in [0.3, 0.4) is 0 Å². The molecule has 2 aromatic carbocycles. The van der Waals surface area contributed by atoms with E-state index in [0.29, 0.717) is 6.54 Å². The maximum absolute atomic E-state index is 12.3. The molecule has 1 aliphatic rings. The number of carbonyl (C=O) groups excluding carboxylic acids is 1. The first-order valence-electron chi connectivity index (χ1n) is 9.04. The van der Waals surface area contributed by atoms with Gasteiger partial charge in [-0.3, -0.25) is 4.79 Å². The average molecular weight is 338 g/mol. The summed E-state index contributed by atoms with van der Waals surface area (Å²) in [4.78, 5) is 12.3. The maximum atomic E-state index is 12.3. The average Bonchev–Trinajstić information content (AvgIpc) is 3.12. The molecule has 3 rings (SSSR count). The van der Waals surface area contributed by atoms with Crippen LogP contribution in [0.2, 0.25) is 0 Å². The highest BCUT2D eigenvalue weighted by Gasteiger charge is 2.29. The Labute approximate surface area is 149 Å². The Morgan fingerprint density at radius 1 is 1.04 bits per heavy atom. The normalized spacial score (nSPS) is 19.7. The SMILES string of the molecule is NC[C@H]1CC[C@@H](C(=O)Nc2cccc(CCCc3ccccc3)c2)O1. The lowest BCUT2D eigenvalue weighted by molar-refractivity contribution is -0.126. The fourth-order valence-corrected chi connectivity index (χ4v) is 3.24. The van der Waals surface area contributed by atoms with Gasteiger partial charge in [-0.15, -0.1) is 0 Å². The summed E-state index contributed by atoms with van der Waals surface area (Å²) >= 11 is 0. The van der Waals surface area contributed by atoms with Gasteiger partial charge in [0.15, 0.2) is 0 Å². The predicted molar refractivity (Wildman–Crippen MR) is 100 cm³/mol. The molecule has 25 heavy (non-hydrogen) atoms. The van der Waals surface area contributed by atoms with E-state index in [9.17, 15) is 4.79 Å². The highest BCUT2D eigenvalue weighted by atomic mass is 16.5. The topological polar surface area (TPSA) is 64.4 Å². The highest BCUT2D eigenvalue weighted by molar-refractivity contribution is 5.94. The zero-order chi connectivity index (χ0) is 17.5. The lowest BCUT2D eigenvalue weighted by atomic mass is 10.0. The molecule has 2 atom stereocenters.